The van der Waals surface area contributed by atoms with Crippen molar-refractivity contribution < 1.29 is 4.79 Å². The van der Waals surface area contributed by atoms with Crippen LogP contribution >= 0.6 is 0 Å². The molecule has 0 radical (unpaired) electrons. The van der Waals surface area contributed by atoms with Crippen molar-refractivity contribution in [3.8, 4) is 0 Å². The van der Waals surface area contributed by atoms with Crippen LogP contribution in [-0.4, -0.2) is 32.4 Å². The van der Waals surface area contributed by atoms with Crippen LogP contribution in [0.2, 0.25) is 0 Å². The number of thiol groups is 1. The number of carbonyl (C=O) groups is 1. The largest absolute Gasteiger partial charge is 0.348 e. The Hall–Kier alpha value is -0.900. The van der Waals surface area contributed by atoms with Gasteiger partial charge < -0.3 is 9.47 Å². The fourth-order valence-corrected chi connectivity index (χ4v) is 5.05. The predicted octanol–water partition coefficient (Wildman–Crippen LogP) is 3.98. The van der Waals surface area contributed by atoms with Gasteiger partial charge in [-0.25, -0.2) is 0 Å². The van der Waals surface area contributed by atoms with Crippen LogP contribution in [0.1, 0.15) is 71.7 Å². The first kappa shape index (κ1) is 19.4. The van der Waals surface area contributed by atoms with Crippen molar-refractivity contribution in [2.24, 2.45) is 5.92 Å². The van der Waals surface area contributed by atoms with Crippen molar-refractivity contribution in [3.05, 3.63) is 23.5 Å². The van der Waals surface area contributed by atoms with Crippen LogP contribution in [0.4, 0.5) is 0 Å². The van der Waals surface area contributed by atoms with E-state index in [1.165, 1.54) is 24.1 Å². The van der Waals surface area contributed by atoms with E-state index in [0.29, 0.717) is 12.0 Å². The second kappa shape index (κ2) is 8.46. The molecule has 1 amide bonds. The number of nitrogens with zero attached hydrogens (tertiary/aromatic N) is 2. The Balaban J connectivity index is 1.96. The molecule has 2 heterocycles. The van der Waals surface area contributed by atoms with Crippen LogP contribution in [0.25, 0.3) is 0 Å². The van der Waals surface area contributed by atoms with E-state index in [-0.39, 0.29) is 5.91 Å². The van der Waals surface area contributed by atoms with Gasteiger partial charge in [0.25, 0.3) is 0 Å². The van der Waals surface area contributed by atoms with Gasteiger partial charge in [-0.3, -0.25) is 4.79 Å². The normalized spacial score (nSPS) is 18.4. The van der Waals surface area contributed by atoms with Crippen LogP contribution in [-0.2, 0) is 29.5 Å². The molecule has 2 unspecified atom stereocenters. The molecular formula is C20H35N2OS+. The van der Waals surface area contributed by atoms with Gasteiger partial charge in [0.1, 0.15) is 10.5 Å². The van der Waals surface area contributed by atoms with Gasteiger partial charge in [-0.05, 0) is 69.8 Å². The number of hydrogen-bond donors (Lipinski definition) is 0. The highest BCUT2D eigenvalue weighted by atomic mass is 32.2. The lowest BCUT2D eigenvalue weighted by Crippen LogP contribution is -2.35. The number of fused-ring (bicyclic) bond motifs is 1. The van der Waals surface area contributed by atoms with Gasteiger partial charge in [0.15, 0.2) is 0 Å². The van der Waals surface area contributed by atoms with E-state index in [4.69, 9.17) is 0 Å². The van der Waals surface area contributed by atoms with Crippen LogP contribution in [0.3, 0.4) is 0 Å². The smallest absolute Gasteiger partial charge is 0.219 e. The molecule has 0 saturated carbocycles. The standard InChI is InChI=1S/C20H34N2OS/c1-14(2)24-16(4)8-7-15(3)17(5)22-12-9-19-13-21(18(6)23)11-10-20(19)22/h9,12,14-17H,7-8,10-11,13H2,1-6H3/p+1/t15?,16?,17-/m1/s1. The molecule has 0 fully saturated rings. The Labute approximate surface area is 152 Å². The van der Waals surface area contributed by atoms with Gasteiger partial charge >= 0.3 is 0 Å². The van der Waals surface area contributed by atoms with Crippen LogP contribution in [0.5, 0.6) is 0 Å². The third-order valence-electron chi connectivity index (χ3n) is 5.40. The SMILES string of the molecule is CC(=O)N1CCc2c(ccn2[C@H](C)C(C)CCC(C)[SH+]C(C)C)C1. The van der Waals surface area contributed by atoms with Gasteiger partial charge in [0, 0.05) is 44.4 Å². The van der Waals surface area contributed by atoms with Gasteiger partial charge in [0.05, 0.1) is 0 Å². The Morgan fingerprint density at radius 3 is 2.54 bits per heavy atom. The summed E-state index contributed by atoms with van der Waals surface area (Å²) in [5.41, 5.74) is 2.78. The number of aromatic nitrogens is 1. The molecule has 3 atom stereocenters. The summed E-state index contributed by atoms with van der Waals surface area (Å²) < 4.78 is 2.47. The van der Waals surface area contributed by atoms with Crippen LogP contribution in [0, 0.1) is 5.92 Å². The molecule has 0 aromatic carbocycles. The molecule has 0 spiro atoms. The van der Waals surface area contributed by atoms with Crippen molar-refractivity contribution in [1.29, 1.82) is 0 Å². The molecule has 1 aliphatic heterocycles. The van der Waals surface area contributed by atoms with Crippen LogP contribution in [0.15, 0.2) is 12.3 Å². The van der Waals surface area contributed by atoms with E-state index < -0.39 is 0 Å². The molecule has 136 valence electrons. The number of rotatable bonds is 7. The van der Waals surface area contributed by atoms with Gasteiger partial charge in [-0.2, -0.15) is 0 Å². The summed E-state index contributed by atoms with van der Waals surface area (Å²) in [6.07, 6.45) is 5.83. The minimum Gasteiger partial charge on any atom is -0.348 e. The van der Waals surface area contributed by atoms with E-state index in [1.54, 1.807) is 18.7 Å². The highest BCUT2D eigenvalue weighted by molar-refractivity contribution is 7.79. The zero-order chi connectivity index (χ0) is 17.9. The summed E-state index contributed by atoms with van der Waals surface area (Å²) in [5, 5.41) is 1.57. The van der Waals surface area contributed by atoms with E-state index >= 15 is 0 Å². The Kier molecular flexibility index (Phi) is 6.85. The summed E-state index contributed by atoms with van der Waals surface area (Å²) in [5.74, 6) is 0.866. The van der Waals surface area contributed by atoms with Crippen molar-refractivity contribution in [2.75, 3.05) is 6.54 Å². The number of carbonyl (C=O) groups excluding carboxylic acids is 1. The second-order valence-electron chi connectivity index (χ2n) is 7.77. The maximum Gasteiger partial charge on any atom is 0.219 e. The van der Waals surface area contributed by atoms with Crippen LogP contribution < -0.4 is 0 Å². The summed E-state index contributed by atoms with van der Waals surface area (Å²) >= 11 is 1.59. The number of amides is 1. The quantitative estimate of drug-likeness (QED) is 0.539. The van der Waals surface area contributed by atoms with E-state index in [9.17, 15) is 4.79 Å². The van der Waals surface area contributed by atoms with E-state index in [2.05, 4.69) is 51.4 Å². The molecule has 0 N–H and O–H groups in total. The van der Waals surface area contributed by atoms with Gasteiger partial charge in [-0.15, -0.1) is 0 Å². The van der Waals surface area contributed by atoms with E-state index in [0.717, 1.165) is 30.0 Å². The minimum atomic E-state index is 0.188. The first-order valence-corrected chi connectivity index (χ1v) is 10.5. The highest BCUT2D eigenvalue weighted by Crippen LogP contribution is 2.29. The molecule has 1 aliphatic rings. The van der Waals surface area contributed by atoms with Crippen molar-refractivity contribution in [3.63, 3.8) is 0 Å². The summed E-state index contributed by atoms with van der Waals surface area (Å²) in [6.45, 7) is 15.0. The minimum absolute atomic E-state index is 0.188. The Morgan fingerprint density at radius 1 is 1.21 bits per heavy atom. The van der Waals surface area contributed by atoms with Gasteiger partial charge in [-0.1, -0.05) is 6.92 Å². The lowest BCUT2D eigenvalue weighted by molar-refractivity contribution is -0.129. The second-order valence-corrected chi connectivity index (χ2v) is 9.99. The van der Waals surface area contributed by atoms with Crippen molar-refractivity contribution in [2.45, 2.75) is 83.9 Å². The molecule has 4 heteroatoms. The Morgan fingerprint density at radius 2 is 1.92 bits per heavy atom. The average Bonchev–Trinajstić information content (AvgIpc) is 2.94. The molecule has 0 bridgehead atoms. The van der Waals surface area contributed by atoms with E-state index in [1.807, 2.05) is 4.90 Å². The maximum absolute atomic E-state index is 11.6. The molecule has 1 aromatic heterocycles. The maximum atomic E-state index is 11.6. The summed E-state index contributed by atoms with van der Waals surface area (Å²) in [7, 11) is 0. The third kappa shape index (κ3) is 4.81. The lowest BCUT2D eigenvalue weighted by Gasteiger charge is -2.30. The van der Waals surface area contributed by atoms with Crippen molar-refractivity contribution in [1.82, 2.24) is 9.47 Å². The predicted molar refractivity (Wildman–Crippen MR) is 106 cm³/mol. The zero-order valence-electron chi connectivity index (χ0n) is 16.2. The van der Waals surface area contributed by atoms with Gasteiger partial charge in [0.2, 0.25) is 5.91 Å². The fraction of sp³-hybridized carbons (Fsp3) is 0.750. The molecule has 24 heavy (non-hydrogen) atoms. The molecule has 2 rings (SSSR count). The summed E-state index contributed by atoms with van der Waals surface area (Å²) in [4.78, 5) is 13.6. The number of hydrogen-bond acceptors (Lipinski definition) is 1. The molecule has 1 aromatic rings. The Bertz CT molecular complexity index is 552. The summed E-state index contributed by atoms with van der Waals surface area (Å²) in [6, 6.07) is 2.74. The molecule has 0 saturated heterocycles. The first-order chi connectivity index (χ1) is 11.3. The zero-order valence-corrected chi connectivity index (χ0v) is 17.1. The monoisotopic (exact) mass is 351 g/mol. The first-order valence-electron chi connectivity index (χ1n) is 9.43. The molecule has 3 nitrogen and oxygen atoms in total. The highest BCUT2D eigenvalue weighted by Gasteiger charge is 2.25. The average molecular weight is 352 g/mol. The van der Waals surface area contributed by atoms with Crippen molar-refractivity contribution >= 4 is 17.7 Å². The third-order valence-corrected chi connectivity index (χ3v) is 6.76. The molecular weight excluding hydrogens is 316 g/mol. The molecule has 0 aliphatic carbocycles. The fourth-order valence-electron chi connectivity index (χ4n) is 3.73. The topological polar surface area (TPSA) is 25.2 Å². The lowest BCUT2D eigenvalue weighted by atomic mass is 9.96.